The van der Waals surface area contributed by atoms with Gasteiger partial charge in [-0.25, -0.2) is 0 Å². The first kappa shape index (κ1) is 24.7. The van der Waals surface area contributed by atoms with Gasteiger partial charge in [0.2, 0.25) is 0 Å². The zero-order valence-electron chi connectivity index (χ0n) is 17.8. The number of amides is 1. The van der Waals surface area contributed by atoms with Gasteiger partial charge in [0.05, 0.1) is 24.5 Å². The predicted molar refractivity (Wildman–Crippen MR) is 117 cm³/mol. The molecule has 0 bridgehead atoms. The highest BCUT2D eigenvalue weighted by atomic mass is 32.1. The average Bonchev–Trinajstić information content (AvgIpc) is 2.95. The molecule has 7 nitrogen and oxygen atoms in total. The van der Waals surface area contributed by atoms with Crippen molar-refractivity contribution in [2.24, 2.45) is 11.8 Å². The van der Waals surface area contributed by atoms with Gasteiger partial charge < -0.3 is 19.8 Å². The summed E-state index contributed by atoms with van der Waals surface area (Å²) in [5.74, 6) is -3.54. The fourth-order valence-corrected chi connectivity index (χ4v) is 4.15. The fourth-order valence-electron chi connectivity index (χ4n) is 3.63. The van der Waals surface area contributed by atoms with Gasteiger partial charge in [0.15, 0.2) is 5.11 Å². The lowest BCUT2D eigenvalue weighted by Crippen LogP contribution is -2.44. The number of allylic oxidation sites excluding steroid dienone is 3. The van der Waals surface area contributed by atoms with E-state index in [1.165, 1.54) is 11.0 Å². The molecule has 3 atom stereocenters. The monoisotopic (exact) mass is 481 g/mol. The molecule has 3 unspecified atom stereocenters. The van der Waals surface area contributed by atoms with Gasteiger partial charge in [-0.2, -0.15) is 18.4 Å². The smallest absolute Gasteiger partial charge is 0.396 e. The first-order valence-electron chi connectivity index (χ1n) is 9.98. The van der Waals surface area contributed by atoms with E-state index in [4.69, 9.17) is 27.3 Å². The second-order valence-corrected chi connectivity index (χ2v) is 8.50. The van der Waals surface area contributed by atoms with E-state index in [0.29, 0.717) is 11.4 Å². The van der Waals surface area contributed by atoms with Crippen molar-refractivity contribution in [3.05, 3.63) is 48.2 Å². The number of thiocarbonyl (C=S) groups is 1. The summed E-state index contributed by atoms with van der Waals surface area (Å²) in [4.78, 5) is 15.8. The number of aliphatic hydroxyl groups excluding tert-OH is 2. The van der Waals surface area contributed by atoms with Crippen LogP contribution in [0, 0.1) is 23.2 Å². The number of ether oxygens (including phenoxy) is 1. The summed E-state index contributed by atoms with van der Waals surface area (Å²) in [6, 6.07) is 8.05. The van der Waals surface area contributed by atoms with Crippen LogP contribution in [0.15, 0.2) is 48.2 Å². The zero-order chi connectivity index (χ0) is 24.6. The number of aliphatic hydroxyl groups is 2. The molecule has 0 aromatic heterocycles. The third-order valence-electron chi connectivity index (χ3n) is 5.41. The van der Waals surface area contributed by atoms with Crippen molar-refractivity contribution < 1.29 is 32.9 Å². The highest BCUT2D eigenvalue weighted by molar-refractivity contribution is 7.80. The van der Waals surface area contributed by atoms with Crippen LogP contribution in [0.5, 0.6) is 5.75 Å². The van der Waals surface area contributed by atoms with E-state index in [2.05, 4.69) is 0 Å². The van der Waals surface area contributed by atoms with E-state index < -0.39 is 42.2 Å². The third kappa shape index (κ3) is 4.73. The number of halogens is 3. The molecule has 1 aromatic rings. The van der Waals surface area contributed by atoms with Gasteiger partial charge in [0, 0.05) is 11.4 Å². The lowest BCUT2D eigenvalue weighted by Gasteiger charge is -2.29. The first-order chi connectivity index (χ1) is 15.4. The minimum atomic E-state index is -4.66. The zero-order valence-corrected chi connectivity index (χ0v) is 18.6. The van der Waals surface area contributed by atoms with E-state index >= 15 is 0 Å². The number of anilines is 1. The molecule has 33 heavy (non-hydrogen) atoms. The molecule has 1 saturated heterocycles. The summed E-state index contributed by atoms with van der Waals surface area (Å²) in [6.45, 7) is 2.66. The van der Waals surface area contributed by atoms with Crippen molar-refractivity contribution >= 4 is 28.9 Å². The van der Waals surface area contributed by atoms with E-state index in [-0.39, 0.29) is 17.4 Å². The lowest BCUT2D eigenvalue weighted by atomic mass is 9.87. The Kier molecular flexibility index (Phi) is 6.83. The van der Waals surface area contributed by atoms with E-state index in [1.807, 2.05) is 0 Å². The molecule has 0 saturated carbocycles. The molecule has 1 aliphatic carbocycles. The minimum absolute atomic E-state index is 0.00148. The number of alkyl halides is 3. The summed E-state index contributed by atoms with van der Waals surface area (Å²) >= 11 is 5.49. The Morgan fingerprint density at radius 3 is 2.48 bits per heavy atom. The van der Waals surface area contributed by atoms with Gasteiger partial charge in [0.1, 0.15) is 24.0 Å². The predicted octanol–water partition coefficient (Wildman–Crippen LogP) is 2.90. The Morgan fingerprint density at radius 2 is 1.94 bits per heavy atom. The van der Waals surface area contributed by atoms with Crippen LogP contribution in [0.25, 0.3) is 0 Å². The molecule has 1 aromatic carbocycles. The molecule has 2 N–H and O–H groups in total. The highest BCUT2D eigenvalue weighted by Gasteiger charge is 2.52. The van der Waals surface area contributed by atoms with E-state index in [1.54, 1.807) is 44.2 Å². The van der Waals surface area contributed by atoms with Crippen molar-refractivity contribution in [3.8, 4) is 11.8 Å². The van der Waals surface area contributed by atoms with Crippen molar-refractivity contribution in [1.82, 2.24) is 4.90 Å². The van der Waals surface area contributed by atoms with Crippen molar-refractivity contribution in [1.29, 1.82) is 5.26 Å². The summed E-state index contributed by atoms with van der Waals surface area (Å²) < 4.78 is 45.8. The molecule has 3 rings (SSSR count). The van der Waals surface area contributed by atoms with Gasteiger partial charge in [-0.15, -0.1) is 0 Å². The van der Waals surface area contributed by atoms with Gasteiger partial charge in [-0.1, -0.05) is 6.08 Å². The number of nitrogens with zero attached hydrogens (tertiary/aromatic N) is 3. The quantitative estimate of drug-likeness (QED) is 0.603. The van der Waals surface area contributed by atoms with E-state index in [9.17, 15) is 23.1 Å². The maximum absolute atomic E-state index is 13.5. The molecule has 0 radical (unpaired) electrons. The fraction of sp³-hybridized carbons (Fsp3) is 0.409. The van der Waals surface area contributed by atoms with Crippen molar-refractivity contribution in [2.75, 3.05) is 18.1 Å². The molecule has 176 valence electrons. The van der Waals surface area contributed by atoms with Crippen LogP contribution in [0.4, 0.5) is 18.9 Å². The Hall–Kier alpha value is -2.94. The Bertz CT molecular complexity index is 1030. The Morgan fingerprint density at radius 1 is 1.30 bits per heavy atom. The van der Waals surface area contributed by atoms with Crippen molar-refractivity contribution in [3.63, 3.8) is 0 Å². The average molecular weight is 481 g/mol. The first-order valence-corrected chi connectivity index (χ1v) is 10.4. The molecular weight excluding hydrogens is 459 g/mol. The number of benzene rings is 1. The number of hydrogen-bond donors (Lipinski definition) is 2. The number of hydrogen-bond acceptors (Lipinski definition) is 6. The van der Waals surface area contributed by atoms with Crippen LogP contribution in [-0.4, -0.2) is 57.2 Å². The molecule has 2 aliphatic rings. The maximum Gasteiger partial charge on any atom is 0.396 e. The lowest BCUT2D eigenvalue weighted by molar-refractivity contribution is -0.166. The molecule has 1 aliphatic heterocycles. The maximum atomic E-state index is 13.5. The molecular formula is C22H22F3N3O4S. The van der Waals surface area contributed by atoms with Gasteiger partial charge in [-0.05, 0) is 62.5 Å². The van der Waals surface area contributed by atoms with Crippen molar-refractivity contribution in [2.45, 2.75) is 31.7 Å². The number of carbonyl (C=O) groups is 1. The molecule has 1 fully saturated rings. The summed E-state index contributed by atoms with van der Waals surface area (Å²) in [6.07, 6.45) is -2.38. The standard InChI is InChI=1S/C22H22F3N3O4S/c1-21(2)19(31)27(15-4-3-13(10-26)18(9-15)22(23,24)25)20(33)28(21)14-5-7-17(8-6-14)32-12-16(30)11-29/h3-9,13,16,18,29-30H,11-12H2,1-2H3. The normalized spacial score (nSPS) is 23.4. The molecule has 11 heteroatoms. The van der Waals surface area contributed by atoms with Crippen LogP contribution in [0.2, 0.25) is 0 Å². The summed E-state index contributed by atoms with van der Waals surface area (Å²) in [5.41, 5.74) is -0.716. The third-order valence-corrected chi connectivity index (χ3v) is 5.78. The number of rotatable bonds is 6. The molecule has 0 spiro atoms. The van der Waals surface area contributed by atoms with Crippen LogP contribution in [-0.2, 0) is 4.79 Å². The Labute approximate surface area is 194 Å². The Balaban J connectivity index is 1.90. The van der Waals surface area contributed by atoms with Crippen LogP contribution < -0.4 is 9.64 Å². The van der Waals surface area contributed by atoms with Crippen LogP contribution in [0.3, 0.4) is 0 Å². The number of nitriles is 1. The highest BCUT2D eigenvalue weighted by Crippen LogP contribution is 2.41. The topological polar surface area (TPSA) is 97.0 Å². The molecule has 1 amide bonds. The van der Waals surface area contributed by atoms with Gasteiger partial charge in [0.25, 0.3) is 5.91 Å². The van der Waals surface area contributed by atoms with Crippen LogP contribution in [0.1, 0.15) is 13.8 Å². The van der Waals surface area contributed by atoms with Crippen LogP contribution >= 0.6 is 12.2 Å². The summed E-state index contributed by atoms with van der Waals surface area (Å²) in [5, 5.41) is 27.3. The van der Waals surface area contributed by atoms with E-state index in [0.717, 1.165) is 17.1 Å². The SMILES string of the molecule is CC1(C)C(=O)N(C2=CC(C(F)(F)F)C(C#N)C=C2)C(=S)N1c1ccc(OCC(O)CO)cc1. The summed E-state index contributed by atoms with van der Waals surface area (Å²) in [7, 11) is 0. The molecule has 1 heterocycles. The van der Waals surface area contributed by atoms with Gasteiger partial charge in [-0.3, -0.25) is 9.69 Å². The second-order valence-electron chi connectivity index (χ2n) is 8.13. The number of carbonyl (C=O) groups excluding carboxylic acids is 1. The van der Waals surface area contributed by atoms with Gasteiger partial charge >= 0.3 is 6.18 Å². The second kappa shape index (κ2) is 9.13. The largest absolute Gasteiger partial charge is 0.491 e. The minimum Gasteiger partial charge on any atom is -0.491 e.